The molecule has 5 heteroatoms. The average Bonchev–Trinajstić information content (AvgIpc) is 2.60. The number of carbonyl (C=O) groups excluding carboxylic acids is 1. The number of nitrogens with two attached hydrogens (primary N) is 1. The Bertz CT molecular complexity index is 850. The average molecular weight is 369 g/mol. The van der Waals surface area contributed by atoms with Gasteiger partial charge in [0, 0.05) is 11.0 Å². The van der Waals surface area contributed by atoms with Crippen molar-refractivity contribution in [2.45, 2.75) is 40.7 Å². The molecular weight excluding hydrogens is 342 g/mol. The first kappa shape index (κ1) is 19.1. The summed E-state index contributed by atoms with van der Waals surface area (Å²) >= 11 is 0. The molecule has 0 aliphatic carbocycles. The molecule has 2 aromatic rings. The van der Waals surface area contributed by atoms with Gasteiger partial charge in [-0.05, 0) is 61.2 Å². The van der Waals surface area contributed by atoms with Crippen LogP contribution in [0.4, 0.5) is 4.79 Å². The molecule has 0 bridgehead atoms. The van der Waals surface area contributed by atoms with Gasteiger partial charge in [-0.25, -0.2) is 4.79 Å². The molecule has 1 heterocycles. The molecule has 27 heavy (non-hydrogen) atoms. The zero-order valence-electron chi connectivity index (χ0n) is 16.6. The van der Waals surface area contributed by atoms with Crippen LogP contribution in [0.3, 0.4) is 0 Å². The summed E-state index contributed by atoms with van der Waals surface area (Å²) < 4.78 is 17.1. The zero-order valence-corrected chi connectivity index (χ0v) is 16.6. The van der Waals surface area contributed by atoms with E-state index >= 15 is 0 Å². The molecule has 0 saturated carbocycles. The summed E-state index contributed by atoms with van der Waals surface area (Å²) in [6, 6.07) is 10.2. The van der Waals surface area contributed by atoms with Crippen LogP contribution in [0.15, 0.2) is 30.3 Å². The highest BCUT2D eigenvalue weighted by Gasteiger charge is 2.40. The number of aryl methyl sites for hydroxylation is 2. The Balaban J connectivity index is 2.01. The summed E-state index contributed by atoms with van der Waals surface area (Å²) in [5.74, 6) is 1.66. The standard InChI is InChI=1S/C22H27NO4/c1-6-25-19-13(2)9-16(10-14(19)3)15-7-8-17-18(11-15)26-12-22(4,5)20(17)27-21(23)24/h7-11,20H,6,12H2,1-5H3,(H2,23,24). The first-order valence-electron chi connectivity index (χ1n) is 9.20. The van der Waals surface area contributed by atoms with Gasteiger partial charge in [-0.1, -0.05) is 26.0 Å². The van der Waals surface area contributed by atoms with E-state index in [4.69, 9.17) is 19.9 Å². The van der Waals surface area contributed by atoms with Crippen LogP contribution >= 0.6 is 0 Å². The molecular formula is C22H27NO4. The molecule has 1 unspecified atom stereocenters. The van der Waals surface area contributed by atoms with E-state index < -0.39 is 12.2 Å². The van der Waals surface area contributed by atoms with Crippen LogP contribution in [-0.2, 0) is 4.74 Å². The van der Waals surface area contributed by atoms with Crippen LogP contribution in [0.1, 0.15) is 43.6 Å². The van der Waals surface area contributed by atoms with E-state index in [1.165, 1.54) is 0 Å². The highest BCUT2D eigenvalue weighted by atomic mass is 16.6. The van der Waals surface area contributed by atoms with Gasteiger partial charge in [0.25, 0.3) is 0 Å². The number of rotatable bonds is 4. The lowest BCUT2D eigenvalue weighted by atomic mass is 9.80. The molecule has 1 aliphatic heterocycles. The largest absolute Gasteiger partial charge is 0.493 e. The smallest absolute Gasteiger partial charge is 0.405 e. The summed E-state index contributed by atoms with van der Waals surface area (Å²) in [4.78, 5) is 11.4. The fraction of sp³-hybridized carbons (Fsp3) is 0.409. The van der Waals surface area contributed by atoms with Crippen LogP contribution in [0, 0.1) is 19.3 Å². The monoisotopic (exact) mass is 369 g/mol. The van der Waals surface area contributed by atoms with E-state index in [0.29, 0.717) is 13.2 Å². The second kappa shape index (κ2) is 7.14. The predicted octanol–water partition coefficient (Wildman–Crippen LogP) is 4.92. The normalized spacial score (nSPS) is 17.6. The van der Waals surface area contributed by atoms with Crippen molar-refractivity contribution in [1.29, 1.82) is 0 Å². The van der Waals surface area contributed by atoms with Crippen molar-refractivity contribution in [2.24, 2.45) is 11.1 Å². The zero-order chi connectivity index (χ0) is 19.8. The SMILES string of the molecule is CCOc1c(C)cc(-c2ccc3c(c2)OCC(C)(C)C3OC(N)=O)cc1C. The van der Waals surface area contributed by atoms with E-state index in [9.17, 15) is 4.79 Å². The Hall–Kier alpha value is -2.69. The summed E-state index contributed by atoms with van der Waals surface area (Å²) in [6.07, 6.45) is -1.21. The maximum atomic E-state index is 11.4. The molecule has 0 saturated heterocycles. The highest BCUT2D eigenvalue weighted by molar-refractivity contribution is 5.70. The van der Waals surface area contributed by atoms with E-state index in [2.05, 4.69) is 26.0 Å². The van der Waals surface area contributed by atoms with E-state index in [1.807, 2.05) is 39.0 Å². The van der Waals surface area contributed by atoms with Crippen LogP contribution in [0.5, 0.6) is 11.5 Å². The fourth-order valence-electron chi connectivity index (χ4n) is 3.64. The quantitative estimate of drug-likeness (QED) is 0.830. The lowest BCUT2D eigenvalue weighted by Gasteiger charge is -2.38. The molecule has 1 amide bonds. The Morgan fingerprint density at radius 3 is 2.44 bits per heavy atom. The first-order valence-corrected chi connectivity index (χ1v) is 9.20. The van der Waals surface area contributed by atoms with Crippen LogP contribution < -0.4 is 15.2 Å². The van der Waals surface area contributed by atoms with Crippen molar-refractivity contribution in [3.63, 3.8) is 0 Å². The molecule has 1 aliphatic rings. The number of carbonyl (C=O) groups is 1. The highest BCUT2D eigenvalue weighted by Crippen LogP contribution is 2.46. The van der Waals surface area contributed by atoms with Crippen molar-refractivity contribution in [3.8, 4) is 22.6 Å². The molecule has 2 aromatic carbocycles. The van der Waals surface area contributed by atoms with Crippen molar-refractivity contribution in [3.05, 3.63) is 47.0 Å². The molecule has 0 radical (unpaired) electrons. The third kappa shape index (κ3) is 3.72. The maximum absolute atomic E-state index is 11.4. The minimum atomic E-state index is -0.775. The lowest BCUT2D eigenvalue weighted by Crippen LogP contribution is -2.37. The maximum Gasteiger partial charge on any atom is 0.405 e. The summed E-state index contributed by atoms with van der Waals surface area (Å²) in [6.45, 7) is 11.2. The van der Waals surface area contributed by atoms with Gasteiger partial charge in [0.05, 0.1) is 13.2 Å². The molecule has 1 atom stereocenters. The number of ether oxygens (including phenoxy) is 3. The van der Waals surface area contributed by atoms with Gasteiger partial charge >= 0.3 is 6.09 Å². The molecule has 0 spiro atoms. The van der Waals surface area contributed by atoms with Crippen molar-refractivity contribution in [2.75, 3.05) is 13.2 Å². The van der Waals surface area contributed by atoms with E-state index in [0.717, 1.165) is 39.3 Å². The number of amides is 1. The third-order valence-electron chi connectivity index (χ3n) is 4.92. The van der Waals surface area contributed by atoms with Gasteiger partial charge in [0.2, 0.25) is 0 Å². The Labute approximate surface area is 160 Å². The van der Waals surface area contributed by atoms with Gasteiger partial charge in [0.15, 0.2) is 0 Å². The van der Waals surface area contributed by atoms with Crippen molar-refractivity contribution < 1.29 is 19.0 Å². The van der Waals surface area contributed by atoms with Gasteiger partial charge < -0.3 is 19.9 Å². The van der Waals surface area contributed by atoms with Crippen LogP contribution in [0.2, 0.25) is 0 Å². The Morgan fingerprint density at radius 1 is 1.19 bits per heavy atom. The number of fused-ring (bicyclic) bond motifs is 1. The molecule has 2 N–H and O–H groups in total. The minimum absolute atomic E-state index is 0.351. The second-order valence-corrected chi connectivity index (χ2v) is 7.72. The Kier molecular flexibility index (Phi) is 5.05. The number of hydrogen-bond acceptors (Lipinski definition) is 4. The van der Waals surface area contributed by atoms with E-state index in [1.54, 1.807) is 0 Å². The van der Waals surface area contributed by atoms with Gasteiger partial charge in [-0.2, -0.15) is 0 Å². The summed E-state index contributed by atoms with van der Waals surface area (Å²) in [5, 5.41) is 0. The predicted molar refractivity (Wildman–Crippen MR) is 105 cm³/mol. The minimum Gasteiger partial charge on any atom is -0.493 e. The van der Waals surface area contributed by atoms with Gasteiger partial charge in [0.1, 0.15) is 17.6 Å². The number of benzene rings is 2. The van der Waals surface area contributed by atoms with Gasteiger partial charge in [-0.15, -0.1) is 0 Å². The fourth-order valence-corrected chi connectivity index (χ4v) is 3.64. The van der Waals surface area contributed by atoms with E-state index in [-0.39, 0.29) is 5.41 Å². The second-order valence-electron chi connectivity index (χ2n) is 7.72. The van der Waals surface area contributed by atoms with Gasteiger partial charge in [-0.3, -0.25) is 0 Å². The molecule has 3 rings (SSSR count). The van der Waals surface area contributed by atoms with Crippen LogP contribution in [0.25, 0.3) is 11.1 Å². The molecule has 0 aromatic heterocycles. The summed E-state index contributed by atoms with van der Waals surface area (Å²) in [7, 11) is 0. The lowest BCUT2D eigenvalue weighted by molar-refractivity contribution is -0.0176. The molecule has 0 fully saturated rings. The number of primary amides is 1. The topological polar surface area (TPSA) is 70.8 Å². The molecule has 5 nitrogen and oxygen atoms in total. The van der Waals surface area contributed by atoms with Crippen LogP contribution in [-0.4, -0.2) is 19.3 Å². The number of hydrogen-bond donors (Lipinski definition) is 1. The Morgan fingerprint density at radius 2 is 1.85 bits per heavy atom. The molecule has 144 valence electrons. The van der Waals surface area contributed by atoms with Crippen molar-refractivity contribution >= 4 is 6.09 Å². The van der Waals surface area contributed by atoms with Crippen molar-refractivity contribution in [1.82, 2.24) is 0 Å². The third-order valence-corrected chi connectivity index (χ3v) is 4.92. The first-order chi connectivity index (χ1) is 12.7. The summed E-state index contributed by atoms with van der Waals surface area (Å²) in [5.41, 5.74) is 10.1.